The molecule has 0 saturated carbocycles. The lowest BCUT2D eigenvalue weighted by atomic mass is 10.2. The summed E-state index contributed by atoms with van der Waals surface area (Å²) >= 11 is 0. The second kappa shape index (κ2) is 7.93. The fourth-order valence-corrected chi connectivity index (χ4v) is 1.85. The predicted molar refractivity (Wildman–Crippen MR) is 86.8 cm³/mol. The maximum Gasteiger partial charge on any atom is 0.408 e. The van der Waals surface area contributed by atoms with Crippen LogP contribution in [-0.4, -0.2) is 23.0 Å². The molecule has 2 aromatic rings. The number of nitrogens with one attached hydrogen (secondary N) is 2. The third kappa shape index (κ3) is 5.10. The minimum absolute atomic E-state index is 0.153. The minimum Gasteiger partial charge on any atom is -0.445 e. The van der Waals surface area contributed by atoms with E-state index in [1.54, 1.807) is 19.2 Å². The molecule has 0 fully saturated rings. The second-order valence-corrected chi connectivity index (χ2v) is 5.09. The zero-order valence-corrected chi connectivity index (χ0v) is 13.1. The van der Waals surface area contributed by atoms with Crippen molar-refractivity contribution in [2.75, 3.05) is 5.32 Å². The van der Waals surface area contributed by atoms with E-state index in [0.29, 0.717) is 5.82 Å². The molecule has 1 atom stereocenters. The summed E-state index contributed by atoms with van der Waals surface area (Å²) in [5, 5.41) is 5.16. The van der Waals surface area contributed by atoms with E-state index in [1.807, 2.05) is 43.3 Å². The van der Waals surface area contributed by atoms with Crippen LogP contribution in [-0.2, 0) is 16.1 Å². The molecule has 6 nitrogen and oxygen atoms in total. The van der Waals surface area contributed by atoms with Gasteiger partial charge < -0.3 is 15.4 Å². The van der Waals surface area contributed by atoms with E-state index in [2.05, 4.69) is 15.6 Å². The van der Waals surface area contributed by atoms with Crippen LogP contribution in [0.15, 0.2) is 48.7 Å². The molecule has 0 aliphatic carbocycles. The monoisotopic (exact) mass is 313 g/mol. The average molecular weight is 313 g/mol. The molecule has 2 N–H and O–H groups in total. The molecule has 0 aliphatic heterocycles. The van der Waals surface area contributed by atoms with Gasteiger partial charge in [0.2, 0.25) is 5.91 Å². The van der Waals surface area contributed by atoms with Crippen molar-refractivity contribution < 1.29 is 14.3 Å². The number of amides is 2. The first-order valence-corrected chi connectivity index (χ1v) is 7.26. The number of carbonyl (C=O) groups excluding carboxylic acids is 2. The lowest BCUT2D eigenvalue weighted by Crippen LogP contribution is -2.42. The van der Waals surface area contributed by atoms with Crippen LogP contribution in [0.1, 0.15) is 18.1 Å². The first-order valence-electron chi connectivity index (χ1n) is 7.26. The summed E-state index contributed by atoms with van der Waals surface area (Å²) in [6.45, 7) is 3.58. The van der Waals surface area contributed by atoms with E-state index in [9.17, 15) is 9.59 Å². The normalized spacial score (nSPS) is 11.4. The highest BCUT2D eigenvalue weighted by Crippen LogP contribution is 2.09. The largest absolute Gasteiger partial charge is 0.445 e. The molecule has 2 amide bonds. The Morgan fingerprint density at radius 1 is 1.17 bits per heavy atom. The molecule has 1 heterocycles. The number of hydrogen-bond donors (Lipinski definition) is 2. The summed E-state index contributed by atoms with van der Waals surface area (Å²) in [5.41, 5.74) is 1.73. The minimum atomic E-state index is -0.736. The molecular weight excluding hydrogens is 294 g/mol. The summed E-state index contributed by atoms with van der Waals surface area (Å²) in [7, 11) is 0. The third-order valence-electron chi connectivity index (χ3n) is 3.19. The van der Waals surface area contributed by atoms with Gasteiger partial charge in [0.15, 0.2) is 0 Å². The number of alkyl carbamates (subject to hydrolysis) is 1. The fourth-order valence-electron chi connectivity index (χ4n) is 1.85. The Morgan fingerprint density at radius 2 is 1.91 bits per heavy atom. The van der Waals surface area contributed by atoms with Crippen LogP contribution in [0.2, 0.25) is 0 Å². The van der Waals surface area contributed by atoms with Crippen molar-refractivity contribution >= 4 is 17.8 Å². The van der Waals surface area contributed by atoms with Crippen molar-refractivity contribution in [1.29, 1.82) is 0 Å². The Hall–Kier alpha value is -2.89. The number of anilines is 1. The van der Waals surface area contributed by atoms with Crippen LogP contribution in [0.25, 0.3) is 0 Å². The predicted octanol–water partition coefficient (Wildman–Crippen LogP) is 2.64. The zero-order chi connectivity index (χ0) is 16.7. The molecule has 1 unspecified atom stereocenters. The van der Waals surface area contributed by atoms with Crippen LogP contribution < -0.4 is 10.6 Å². The maximum atomic E-state index is 12.1. The smallest absolute Gasteiger partial charge is 0.408 e. The number of benzene rings is 1. The van der Waals surface area contributed by atoms with Crippen molar-refractivity contribution in [3.63, 3.8) is 0 Å². The number of rotatable bonds is 5. The number of hydrogen-bond acceptors (Lipinski definition) is 4. The SMILES string of the molecule is Cc1cccnc1NC(=O)C(C)NC(=O)OCc1ccccc1. The van der Waals surface area contributed by atoms with Gasteiger partial charge >= 0.3 is 6.09 Å². The average Bonchev–Trinajstić information content (AvgIpc) is 2.56. The number of aryl methyl sites for hydroxylation is 1. The summed E-state index contributed by atoms with van der Waals surface area (Å²) in [6.07, 6.45) is 0.948. The molecule has 0 saturated heterocycles. The Bertz CT molecular complexity index is 674. The van der Waals surface area contributed by atoms with Crippen LogP contribution in [0.3, 0.4) is 0 Å². The number of ether oxygens (including phenoxy) is 1. The van der Waals surface area contributed by atoms with Crippen molar-refractivity contribution in [1.82, 2.24) is 10.3 Å². The first-order chi connectivity index (χ1) is 11.1. The summed E-state index contributed by atoms with van der Waals surface area (Å²) in [6, 6.07) is 12.2. The van der Waals surface area contributed by atoms with Gasteiger partial charge in [-0.25, -0.2) is 9.78 Å². The number of nitrogens with zero attached hydrogens (tertiary/aromatic N) is 1. The van der Waals surface area contributed by atoms with Crippen molar-refractivity contribution in [3.8, 4) is 0 Å². The van der Waals surface area contributed by atoms with E-state index in [0.717, 1.165) is 11.1 Å². The molecule has 23 heavy (non-hydrogen) atoms. The molecule has 1 aromatic heterocycles. The van der Waals surface area contributed by atoms with Crippen LogP contribution in [0.5, 0.6) is 0 Å². The molecular formula is C17H19N3O3. The Labute approximate surface area is 134 Å². The lowest BCUT2D eigenvalue weighted by Gasteiger charge is -2.14. The quantitative estimate of drug-likeness (QED) is 0.889. The topological polar surface area (TPSA) is 80.3 Å². The molecule has 0 spiro atoms. The van der Waals surface area contributed by atoms with Gasteiger partial charge in [0.05, 0.1) is 0 Å². The molecule has 0 radical (unpaired) electrons. The standard InChI is InChI=1S/C17H19N3O3/c1-12-7-6-10-18-15(12)20-16(21)13(2)19-17(22)23-11-14-8-4-3-5-9-14/h3-10,13H,11H2,1-2H3,(H,19,22)(H,18,20,21). The molecule has 2 rings (SSSR count). The van der Waals surface area contributed by atoms with Crippen molar-refractivity contribution in [2.24, 2.45) is 0 Å². The molecule has 120 valence electrons. The van der Waals surface area contributed by atoms with Gasteiger partial charge in [0.1, 0.15) is 18.5 Å². The van der Waals surface area contributed by atoms with E-state index in [-0.39, 0.29) is 12.5 Å². The maximum absolute atomic E-state index is 12.1. The molecule has 1 aromatic carbocycles. The zero-order valence-electron chi connectivity index (χ0n) is 13.1. The van der Waals surface area contributed by atoms with Gasteiger partial charge in [-0.05, 0) is 31.0 Å². The van der Waals surface area contributed by atoms with Crippen LogP contribution in [0, 0.1) is 6.92 Å². The highest BCUT2D eigenvalue weighted by Gasteiger charge is 2.17. The van der Waals surface area contributed by atoms with E-state index in [4.69, 9.17) is 4.74 Å². The van der Waals surface area contributed by atoms with Crippen molar-refractivity contribution in [2.45, 2.75) is 26.5 Å². The highest BCUT2D eigenvalue weighted by molar-refractivity contribution is 5.95. The first kappa shape index (κ1) is 16.5. The van der Waals surface area contributed by atoms with Gasteiger partial charge in [-0.2, -0.15) is 0 Å². The summed E-state index contributed by atoms with van der Waals surface area (Å²) in [4.78, 5) is 27.9. The van der Waals surface area contributed by atoms with Gasteiger partial charge in [-0.3, -0.25) is 4.79 Å². The number of carbonyl (C=O) groups is 2. The van der Waals surface area contributed by atoms with E-state index < -0.39 is 12.1 Å². The second-order valence-electron chi connectivity index (χ2n) is 5.09. The number of aromatic nitrogens is 1. The fraction of sp³-hybridized carbons (Fsp3) is 0.235. The summed E-state index contributed by atoms with van der Waals surface area (Å²) in [5.74, 6) is 0.118. The number of pyridine rings is 1. The lowest BCUT2D eigenvalue weighted by molar-refractivity contribution is -0.117. The Balaban J connectivity index is 1.81. The van der Waals surface area contributed by atoms with Gasteiger partial charge in [0, 0.05) is 6.20 Å². The van der Waals surface area contributed by atoms with Gasteiger partial charge in [-0.1, -0.05) is 36.4 Å². The van der Waals surface area contributed by atoms with Crippen LogP contribution >= 0.6 is 0 Å². The van der Waals surface area contributed by atoms with Gasteiger partial charge in [0.25, 0.3) is 0 Å². The van der Waals surface area contributed by atoms with Gasteiger partial charge in [-0.15, -0.1) is 0 Å². The Kier molecular flexibility index (Phi) is 5.68. The van der Waals surface area contributed by atoms with E-state index in [1.165, 1.54) is 0 Å². The third-order valence-corrected chi connectivity index (χ3v) is 3.19. The molecule has 0 bridgehead atoms. The highest BCUT2D eigenvalue weighted by atomic mass is 16.5. The van der Waals surface area contributed by atoms with Crippen LogP contribution in [0.4, 0.5) is 10.6 Å². The van der Waals surface area contributed by atoms with E-state index >= 15 is 0 Å². The Morgan fingerprint density at radius 3 is 2.61 bits per heavy atom. The van der Waals surface area contributed by atoms with Crippen molar-refractivity contribution in [3.05, 3.63) is 59.8 Å². The summed E-state index contributed by atoms with van der Waals surface area (Å²) < 4.78 is 5.08. The molecule has 6 heteroatoms. The molecule has 0 aliphatic rings.